The number of carbonyl (C=O) groups is 1. The minimum atomic E-state index is -4.13. The summed E-state index contributed by atoms with van der Waals surface area (Å²) in [6, 6.07) is 14.3. The van der Waals surface area contributed by atoms with Crippen molar-refractivity contribution >= 4 is 24.7 Å². The fourth-order valence-corrected chi connectivity index (χ4v) is 4.81. The summed E-state index contributed by atoms with van der Waals surface area (Å²) in [6.45, 7) is -2.11. The fraction of sp³-hybridized carbons (Fsp3) is 0.154. The van der Waals surface area contributed by atoms with Crippen molar-refractivity contribution in [3.05, 3.63) is 101 Å². The van der Waals surface area contributed by atoms with Crippen molar-refractivity contribution in [1.29, 1.82) is 0 Å². The number of carbonyl (C=O) groups excluding carboxylic acids is 1. The molecule has 0 fully saturated rings. The van der Waals surface area contributed by atoms with Crippen LogP contribution >= 0.6 is 0 Å². The van der Waals surface area contributed by atoms with E-state index in [0.717, 1.165) is 20.1 Å². The SMILES string of the molecule is Cc1nnc(-c2ccc(CNC(=O)CCc3ccc4n3[B-](F)(F)[N+]3=C(c5ccc[nH]5)C=CC3=C4)cc2)nn1. The van der Waals surface area contributed by atoms with Crippen LogP contribution in [-0.2, 0) is 17.8 Å². The summed E-state index contributed by atoms with van der Waals surface area (Å²) in [5.41, 5.74) is 3.98. The van der Waals surface area contributed by atoms with E-state index in [2.05, 4.69) is 30.7 Å². The van der Waals surface area contributed by atoms with Gasteiger partial charge in [-0.05, 0) is 48.9 Å². The summed E-state index contributed by atoms with van der Waals surface area (Å²) in [4.78, 5) is 15.6. The number of aryl methyl sites for hydroxylation is 2. The highest BCUT2D eigenvalue weighted by molar-refractivity contribution is 6.58. The van der Waals surface area contributed by atoms with Crippen LogP contribution in [0.1, 0.15) is 34.9 Å². The third-order valence-corrected chi connectivity index (χ3v) is 6.66. The third-order valence-electron chi connectivity index (χ3n) is 6.66. The van der Waals surface area contributed by atoms with Gasteiger partial charge in [-0.3, -0.25) is 4.79 Å². The van der Waals surface area contributed by atoms with Gasteiger partial charge in [0.05, 0.1) is 0 Å². The van der Waals surface area contributed by atoms with Crippen molar-refractivity contribution in [2.24, 2.45) is 0 Å². The molecule has 1 amide bonds. The Hall–Kier alpha value is -4.74. The first-order chi connectivity index (χ1) is 18.4. The van der Waals surface area contributed by atoms with Crippen LogP contribution in [0, 0.1) is 6.92 Å². The molecule has 38 heavy (non-hydrogen) atoms. The number of aromatic amines is 1. The summed E-state index contributed by atoms with van der Waals surface area (Å²) in [5, 5.41) is 18.7. The lowest BCUT2D eigenvalue weighted by molar-refractivity contribution is -0.360. The number of nitrogens with zero attached hydrogens (tertiary/aromatic N) is 6. The Labute approximate surface area is 216 Å². The van der Waals surface area contributed by atoms with E-state index in [4.69, 9.17) is 0 Å². The number of fused-ring (bicyclic) bond motifs is 2. The largest absolute Gasteiger partial charge is 0.737 e. The highest BCUT2D eigenvalue weighted by Crippen LogP contribution is 2.33. The molecule has 1 aromatic carbocycles. The van der Waals surface area contributed by atoms with E-state index in [9.17, 15) is 4.79 Å². The molecular weight excluding hydrogens is 489 g/mol. The van der Waals surface area contributed by atoms with E-state index in [1.807, 2.05) is 24.3 Å². The van der Waals surface area contributed by atoms with E-state index >= 15 is 8.63 Å². The van der Waals surface area contributed by atoms with Gasteiger partial charge < -0.3 is 27.9 Å². The van der Waals surface area contributed by atoms with Crippen LogP contribution in [0.15, 0.2) is 72.6 Å². The Bertz CT molecular complexity index is 1600. The van der Waals surface area contributed by atoms with Crippen LogP contribution in [0.3, 0.4) is 0 Å². The van der Waals surface area contributed by atoms with Crippen molar-refractivity contribution in [1.82, 2.24) is 35.2 Å². The molecule has 0 atom stereocenters. The maximum Gasteiger partial charge on any atom is 0.737 e. The summed E-state index contributed by atoms with van der Waals surface area (Å²) in [6.07, 6.45) is 7.12. The second-order valence-corrected chi connectivity index (χ2v) is 9.19. The van der Waals surface area contributed by atoms with E-state index in [1.165, 1.54) is 0 Å². The number of rotatable bonds is 7. The summed E-state index contributed by atoms with van der Waals surface area (Å²) in [5.74, 6) is 0.695. The van der Waals surface area contributed by atoms with Crippen molar-refractivity contribution in [3.8, 4) is 11.4 Å². The zero-order valence-electron chi connectivity index (χ0n) is 20.5. The summed E-state index contributed by atoms with van der Waals surface area (Å²) in [7, 11) is 0. The van der Waals surface area contributed by atoms with Gasteiger partial charge in [-0.15, -0.1) is 20.4 Å². The van der Waals surface area contributed by atoms with Gasteiger partial charge in [-0.1, -0.05) is 24.3 Å². The van der Waals surface area contributed by atoms with Crippen molar-refractivity contribution in [2.45, 2.75) is 26.3 Å². The second kappa shape index (κ2) is 9.29. The lowest BCUT2D eigenvalue weighted by atomic mass is 9.90. The van der Waals surface area contributed by atoms with Crippen molar-refractivity contribution in [3.63, 3.8) is 0 Å². The normalized spacial score (nSPS) is 15.3. The van der Waals surface area contributed by atoms with Crippen molar-refractivity contribution in [2.75, 3.05) is 0 Å². The number of allylic oxidation sites excluding steroid dienone is 2. The average molecular weight is 512 g/mol. The van der Waals surface area contributed by atoms with Gasteiger partial charge in [0.25, 0.3) is 0 Å². The van der Waals surface area contributed by atoms with E-state index in [1.54, 1.807) is 55.6 Å². The van der Waals surface area contributed by atoms with Crippen LogP contribution in [-0.4, -0.2) is 52.9 Å². The molecule has 2 N–H and O–H groups in total. The Morgan fingerprint density at radius 3 is 2.58 bits per heavy atom. The molecule has 0 radical (unpaired) electrons. The Morgan fingerprint density at radius 2 is 1.84 bits per heavy atom. The van der Waals surface area contributed by atoms with Crippen LogP contribution in [0.25, 0.3) is 17.5 Å². The smallest absolute Gasteiger partial charge is 0.394 e. The van der Waals surface area contributed by atoms with Gasteiger partial charge >= 0.3 is 6.97 Å². The second-order valence-electron chi connectivity index (χ2n) is 9.19. The van der Waals surface area contributed by atoms with Gasteiger partial charge in [0, 0.05) is 48.6 Å². The molecule has 3 aromatic heterocycles. The molecule has 0 saturated carbocycles. The minimum absolute atomic E-state index is 0.0876. The number of aromatic nitrogens is 6. The molecule has 2 aliphatic rings. The zero-order chi connectivity index (χ0) is 26.3. The van der Waals surface area contributed by atoms with E-state index < -0.39 is 6.97 Å². The van der Waals surface area contributed by atoms with Gasteiger partial charge in [0.1, 0.15) is 5.69 Å². The first kappa shape index (κ1) is 23.7. The predicted octanol–water partition coefficient (Wildman–Crippen LogP) is 3.27. The monoisotopic (exact) mass is 512 g/mol. The number of halogens is 2. The molecule has 9 nitrogen and oxygen atoms in total. The maximum absolute atomic E-state index is 15.9. The van der Waals surface area contributed by atoms with Crippen LogP contribution in [0.4, 0.5) is 8.63 Å². The summed E-state index contributed by atoms with van der Waals surface area (Å²) >= 11 is 0. The Morgan fingerprint density at radius 1 is 1.05 bits per heavy atom. The van der Waals surface area contributed by atoms with Gasteiger partial charge in [0.2, 0.25) is 11.7 Å². The number of hydrogen-bond donors (Lipinski definition) is 2. The minimum Gasteiger partial charge on any atom is -0.394 e. The zero-order valence-corrected chi connectivity index (χ0v) is 20.5. The molecular formula is C26H23BF2N8O. The molecule has 4 aromatic rings. The van der Waals surface area contributed by atoms with Gasteiger partial charge in [0.15, 0.2) is 17.2 Å². The lowest BCUT2D eigenvalue weighted by Gasteiger charge is -2.30. The standard InChI is InChI=1S/C26H23BF2N8O/c1-17-32-34-26(35-33-17)19-6-4-18(5-7-19)16-31-25(38)13-11-20-8-9-21-15-22-10-12-24(23-3-2-14-30-23)37(22)27(28,29)36(20)21/h2-10,12,14-15,30H,11,13,16H2,1H3,(H,31,38). The molecule has 5 heterocycles. The molecule has 190 valence electrons. The maximum atomic E-state index is 15.9. The molecule has 0 aliphatic carbocycles. The number of benzene rings is 1. The van der Waals surface area contributed by atoms with Gasteiger partial charge in [-0.2, -0.15) is 0 Å². The van der Waals surface area contributed by atoms with Crippen LogP contribution in [0.2, 0.25) is 0 Å². The number of amides is 1. The quantitative estimate of drug-likeness (QED) is 0.370. The molecule has 0 bridgehead atoms. The first-order valence-corrected chi connectivity index (χ1v) is 12.2. The fourth-order valence-electron chi connectivity index (χ4n) is 4.81. The number of nitrogens with one attached hydrogen (secondary N) is 2. The Balaban J connectivity index is 1.11. The topological polar surface area (TPSA) is 104 Å². The Kier molecular flexibility index (Phi) is 5.78. The summed E-state index contributed by atoms with van der Waals surface area (Å²) < 4.78 is 33.9. The number of H-pyrrole nitrogens is 1. The first-order valence-electron chi connectivity index (χ1n) is 12.2. The van der Waals surface area contributed by atoms with Crippen LogP contribution < -0.4 is 5.32 Å². The third kappa shape index (κ3) is 4.23. The molecule has 2 aliphatic heterocycles. The lowest BCUT2D eigenvalue weighted by Crippen LogP contribution is -2.51. The molecule has 0 saturated heterocycles. The highest BCUT2D eigenvalue weighted by atomic mass is 19.2. The molecule has 0 unspecified atom stereocenters. The van der Waals surface area contributed by atoms with Gasteiger partial charge in [-0.25, -0.2) is 0 Å². The molecule has 0 spiro atoms. The molecule has 6 rings (SSSR count). The van der Waals surface area contributed by atoms with E-state index in [0.29, 0.717) is 46.7 Å². The highest BCUT2D eigenvalue weighted by Gasteiger charge is 2.52. The number of hydrogen-bond acceptors (Lipinski definition) is 5. The van der Waals surface area contributed by atoms with E-state index in [-0.39, 0.29) is 18.7 Å². The average Bonchev–Trinajstić information content (AvgIpc) is 3.67. The van der Waals surface area contributed by atoms with Crippen LogP contribution in [0.5, 0.6) is 0 Å². The van der Waals surface area contributed by atoms with Crippen molar-refractivity contribution < 1.29 is 17.9 Å². The predicted molar refractivity (Wildman–Crippen MR) is 138 cm³/mol. The molecule has 12 heteroatoms.